The number of nitrogens with zero attached hydrogens (tertiary/aromatic N) is 2. The van der Waals surface area contributed by atoms with E-state index >= 15 is 0 Å². The number of carbonyl (C=O) groups excluding carboxylic acids is 3. The highest BCUT2D eigenvalue weighted by Gasteiger charge is 2.56. The molecule has 3 aliphatic rings. The summed E-state index contributed by atoms with van der Waals surface area (Å²) in [4.78, 5) is 68.1. The Kier molecular flexibility index (Phi) is 6.41. The van der Waals surface area contributed by atoms with Crippen LogP contribution in [0.2, 0.25) is 0 Å². The first kappa shape index (κ1) is 23.6. The number of piperidine rings is 1. The van der Waals surface area contributed by atoms with Gasteiger partial charge < -0.3 is 19.7 Å². The lowest BCUT2D eigenvalue weighted by Gasteiger charge is -2.31. The lowest BCUT2D eigenvalue weighted by atomic mass is 9.82. The van der Waals surface area contributed by atoms with Gasteiger partial charge in [0.05, 0.1) is 10.9 Å². The average molecular weight is 518 g/mol. The van der Waals surface area contributed by atoms with Crippen LogP contribution in [-0.4, -0.2) is 75.1 Å². The molecule has 1 aromatic carbocycles. The van der Waals surface area contributed by atoms with Gasteiger partial charge in [-0.1, -0.05) is 41.3 Å². The Morgan fingerprint density at radius 2 is 1.83 bits per heavy atom. The van der Waals surface area contributed by atoms with Gasteiger partial charge >= 0.3 is 10.8 Å². The second-order valence-electron chi connectivity index (χ2n) is 8.67. The molecular weight excluding hydrogens is 494 g/mol. The summed E-state index contributed by atoms with van der Waals surface area (Å²) in [6.07, 6.45) is 3.02. The van der Waals surface area contributed by atoms with Gasteiger partial charge in [0.25, 0.3) is 5.91 Å². The number of carboxylic acid groups (broad SMARTS) is 1. The average Bonchev–Trinajstić information content (AvgIpc) is 3.33. The molecule has 0 aliphatic carbocycles. The van der Waals surface area contributed by atoms with Crippen molar-refractivity contribution >= 4 is 46.8 Å². The Labute approximate surface area is 208 Å². The Hall–Kier alpha value is -3.12. The van der Waals surface area contributed by atoms with E-state index in [0.29, 0.717) is 34.3 Å². The molecule has 2 N–H and O–H groups in total. The topological polar surface area (TPSA) is 137 Å². The van der Waals surface area contributed by atoms with Gasteiger partial charge in [0, 0.05) is 29.4 Å². The first-order valence-electron chi connectivity index (χ1n) is 11.3. The molecule has 3 aliphatic heterocycles. The number of para-hydroxylation sites is 1. The number of rotatable bonds is 6. The number of thioether (sulfide) groups is 1. The first-order valence-corrected chi connectivity index (χ1v) is 13.0. The molecule has 35 heavy (non-hydrogen) atoms. The summed E-state index contributed by atoms with van der Waals surface area (Å²) in [5.41, 5.74) is 0.573. The lowest BCUT2D eigenvalue weighted by Crippen LogP contribution is -2.38. The number of aromatic amines is 1. The van der Waals surface area contributed by atoms with Crippen LogP contribution < -0.4 is 9.61 Å². The monoisotopic (exact) mass is 517 g/mol. The molecule has 1 aromatic heterocycles. The molecule has 10 nitrogen and oxygen atoms in total. The maximum absolute atomic E-state index is 13.3. The number of carbonyl (C=O) groups is 4. The molecule has 5 rings (SSSR count). The van der Waals surface area contributed by atoms with Crippen LogP contribution in [0.15, 0.2) is 34.1 Å². The molecule has 0 bridgehead atoms. The fraction of sp³-hybridized carbons (Fsp3) is 0.435. The van der Waals surface area contributed by atoms with E-state index in [2.05, 4.69) is 4.98 Å². The maximum atomic E-state index is 13.3. The molecule has 12 heteroatoms. The van der Waals surface area contributed by atoms with E-state index in [4.69, 9.17) is 4.74 Å². The molecule has 184 valence electrons. The number of nitrogens with one attached hydrogen (secondary N) is 1. The van der Waals surface area contributed by atoms with Crippen LogP contribution in [-0.2, 0) is 19.2 Å². The predicted molar refractivity (Wildman–Crippen MR) is 127 cm³/mol. The normalized spacial score (nSPS) is 23.7. The lowest BCUT2D eigenvalue weighted by molar-refractivity contribution is -0.149. The van der Waals surface area contributed by atoms with Crippen LogP contribution in [0.1, 0.15) is 35.6 Å². The molecule has 2 saturated heterocycles. The summed E-state index contributed by atoms with van der Waals surface area (Å²) in [5, 5.41) is 8.84. The smallest absolute Gasteiger partial charge is 0.323 e. The van der Waals surface area contributed by atoms with Gasteiger partial charge in [-0.15, -0.1) is 0 Å². The van der Waals surface area contributed by atoms with Gasteiger partial charge in [0.2, 0.25) is 11.8 Å². The van der Waals surface area contributed by atoms with Crippen LogP contribution >= 0.6 is 23.1 Å². The van der Waals surface area contributed by atoms with Gasteiger partial charge in [-0.25, -0.2) is 0 Å². The van der Waals surface area contributed by atoms with E-state index in [1.807, 2.05) is 0 Å². The quantitative estimate of drug-likeness (QED) is 0.550. The van der Waals surface area contributed by atoms with Crippen molar-refractivity contribution < 1.29 is 29.0 Å². The van der Waals surface area contributed by atoms with Crippen molar-refractivity contribution in [1.29, 1.82) is 0 Å². The number of likely N-dealkylation sites (tertiary alicyclic amines) is 2. The van der Waals surface area contributed by atoms with E-state index < -0.39 is 41.4 Å². The van der Waals surface area contributed by atoms with Crippen molar-refractivity contribution in [3.63, 3.8) is 0 Å². The molecular formula is C23H23N3O7S2. The summed E-state index contributed by atoms with van der Waals surface area (Å²) in [5.74, 6) is -3.79. The minimum Gasteiger partial charge on any atom is -0.483 e. The summed E-state index contributed by atoms with van der Waals surface area (Å²) >= 11 is 2.04. The fourth-order valence-corrected chi connectivity index (χ4v) is 7.47. The molecule has 0 radical (unpaired) electrons. The van der Waals surface area contributed by atoms with Crippen molar-refractivity contribution in [2.75, 3.05) is 26.2 Å². The minimum atomic E-state index is -1.28. The molecule has 2 aromatic rings. The number of hydrogen-bond donors (Lipinski definition) is 2. The SMILES string of the molecule is O=C(O)CN1C(=O)C2Sc3[nH]c(=O)sc3[C@H](c3ccccc3OCC(=O)N3CCCCC3)C2C1=O. The Morgan fingerprint density at radius 1 is 1.09 bits per heavy atom. The van der Waals surface area contributed by atoms with E-state index in [0.717, 1.165) is 47.3 Å². The third-order valence-corrected chi connectivity index (χ3v) is 8.92. The van der Waals surface area contributed by atoms with Crippen molar-refractivity contribution in [2.45, 2.75) is 35.5 Å². The largest absolute Gasteiger partial charge is 0.483 e. The van der Waals surface area contributed by atoms with Crippen molar-refractivity contribution in [2.24, 2.45) is 5.92 Å². The van der Waals surface area contributed by atoms with E-state index in [1.165, 1.54) is 0 Å². The highest BCUT2D eigenvalue weighted by molar-refractivity contribution is 8.00. The van der Waals surface area contributed by atoms with E-state index in [1.54, 1.807) is 29.2 Å². The molecule has 0 saturated carbocycles. The van der Waals surface area contributed by atoms with Crippen LogP contribution in [0, 0.1) is 5.92 Å². The molecule has 3 atom stereocenters. The summed E-state index contributed by atoms with van der Waals surface area (Å²) in [6, 6.07) is 6.96. The molecule has 2 unspecified atom stereocenters. The second kappa shape index (κ2) is 9.50. The zero-order chi connectivity index (χ0) is 24.7. The summed E-state index contributed by atoms with van der Waals surface area (Å²) in [6.45, 7) is 0.514. The molecule has 4 heterocycles. The summed E-state index contributed by atoms with van der Waals surface area (Å²) < 4.78 is 5.94. The minimum absolute atomic E-state index is 0.122. The Balaban J connectivity index is 1.49. The van der Waals surface area contributed by atoms with Crippen molar-refractivity contribution in [3.8, 4) is 5.75 Å². The Morgan fingerprint density at radius 3 is 2.57 bits per heavy atom. The number of amides is 3. The maximum Gasteiger partial charge on any atom is 0.323 e. The van der Waals surface area contributed by atoms with Crippen LogP contribution in [0.3, 0.4) is 0 Å². The first-order chi connectivity index (χ1) is 16.8. The number of ether oxygens (including phenoxy) is 1. The number of hydrogen-bond acceptors (Lipinski definition) is 8. The number of imide groups is 1. The zero-order valence-electron chi connectivity index (χ0n) is 18.6. The van der Waals surface area contributed by atoms with Crippen molar-refractivity contribution in [1.82, 2.24) is 14.8 Å². The van der Waals surface area contributed by atoms with Crippen LogP contribution in [0.5, 0.6) is 5.75 Å². The zero-order valence-corrected chi connectivity index (χ0v) is 20.2. The highest BCUT2D eigenvalue weighted by Crippen LogP contribution is 2.53. The fourth-order valence-electron chi connectivity index (χ4n) is 4.94. The number of fused-ring (bicyclic) bond motifs is 2. The van der Waals surface area contributed by atoms with Gasteiger partial charge in [0.1, 0.15) is 17.5 Å². The standard InChI is InChI=1S/C23H23N3O7S2/c27-14(25-8-4-1-5-9-25)11-33-13-7-3-2-6-12(13)16-17-19(34-20-18(16)35-23(32)24-20)22(31)26(21(17)30)10-15(28)29/h2-3,6-7,16-17,19H,1,4-5,8-11H2,(H,24,32)(H,28,29)/t16-,17?,19?/m1/s1. The van der Waals surface area contributed by atoms with Crippen LogP contribution in [0.4, 0.5) is 0 Å². The number of carboxylic acids is 1. The number of H-pyrrole nitrogens is 1. The van der Waals surface area contributed by atoms with Crippen molar-refractivity contribution in [3.05, 3.63) is 44.4 Å². The molecule has 3 amide bonds. The van der Waals surface area contributed by atoms with Crippen LogP contribution in [0.25, 0.3) is 0 Å². The number of aliphatic carboxylic acids is 1. The van der Waals surface area contributed by atoms with E-state index in [9.17, 15) is 29.1 Å². The third-order valence-electron chi connectivity index (χ3n) is 6.52. The highest BCUT2D eigenvalue weighted by atomic mass is 32.2. The Bertz CT molecular complexity index is 1250. The molecule has 0 spiro atoms. The number of benzene rings is 1. The van der Waals surface area contributed by atoms with Gasteiger partial charge in [0.15, 0.2) is 6.61 Å². The number of aromatic nitrogens is 1. The van der Waals surface area contributed by atoms with E-state index in [-0.39, 0.29) is 17.4 Å². The molecule has 2 fully saturated rings. The van der Waals surface area contributed by atoms with Gasteiger partial charge in [-0.05, 0) is 25.3 Å². The van der Waals surface area contributed by atoms with Gasteiger partial charge in [-0.2, -0.15) is 0 Å². The summed E-state index contributed by atoms with van der Waals surface area (Å²) in [7, 11) is 0. The van der Waals surface area contributed by atoms with Gasteiger partial charge in [-0.3, -0.25) is 28.9 Å². The number of thiazole rings is 1. The third kappa shape index (κ3) is 4.36. The predicted octanol–water partition coefficient (Wildman–Crippen LogP) is 1.50. The second-order valence-corrected chi connectivity index (χ2v) is 10.8.